The molecule has 164 valence electrons. The van der Waals surface area contributed by atoms with Gasteiger partial charge in [-0.15, -0.1) is 0 Å². The van der Waals surface area contributed by atoms with Crippen LogP contribution in [0.2, 0.25) is 0 Å². The third kappa shape index (κ3) is 5.76. The van der Waals surface area contributed by atoms with Gasteiger partial charge in [-0.3, -0.25) is 0 Å². The molecule has 4 nitrogen and oxygen atoms in total. The lowest BCUT2D eigenvalue weighted by Gasteiger charge is -2.18. The highest BCUT2D eigenvalue weighted by Gasteiger charge is 2.30. The van der Waals surface area contributed by atoms with Crippen molar-refractivity contribution in [2.45, 2.75) is 38.8 Å². The number of hydrogen-bond donors (Lipinski definition) is 1. The van der Waals surface area contributed by atoms with Gasteiger partial charge >= 0.3 is 6.18 Å². The third-order valence-corrected chi connectivity index (χ3v) is 4.79. The van der Waals surface area contributed by atoms with E-state index < -0.39 is 17.7 Å². The summed E-state index contributed by atoms with van der Waals surface area (Å²) in [5, 5.41) is 7.00. The van der Waals surface area contributed by atoms with E-state index in [9.17, 15) is 18.0 Å². The van der Waals surface area contributed by atoms with Crippen LogP contribution >= 0.6 is 0 Å². The van der Waals surface area contributed by atoms with E-state index in [1.165, 1.54) is 12.1 Å². The fourth-order valence-corrected chi connectivity index (χ4v) is 3.37. The monoisotopic (exact) mass is 430 g/mol. The molecule has 3 rings (SSSR count). The van der Waals surface area contributed by atoms with Gasteiger partial charge in [-0.25, -0.2) is 9.97 Å². The van der Waals surface area contributed by atoms with Gasteiger partial charge in [-0.2, -0.15) is 13.2 Å². The van der Waals surface area contributed by atoms with Crippen LogP contribution in [0.1, 0.15) is 42.5 Å². The van der Waals surface area contributed by atoms with Gasteiger partial charge in [-0.05, 0) is 25.5 Å². The summed E-state index contributed by atoms with van der Waals surface area (Å²) < 4.78 is 38.9. The topological polar surface area (TPSA) is 63.1 Å². The van der Waals surface area contributed by atoms with Crippen molar-refractivity contribution >= 4 is 6.29 Å². The predicted octanol–water partition coefficient (Wildman–Crippen LogP) is 5.83. The number of aromatic nitrogens is 2. The molecule has 0 amide bonds. The normalized spacial score (nSPS) is 12.0. The summed E-state index contributed by atoms with van der Waals surface area (Å²) in [5.41, 5.74) is 2.42. The van der Waals surface area contributed by atoms with Crippen molar-refractivity contribution in [1.82, 2.24) is 9.97 Å². The zero-order chi connectivity index (χ0) is 23.0. The number of alkyl halides is 3. The highest BCUT2D eigenvalue weighted by molar-refractivity contribution is 5.74. The van der Waals surface area contributed by atoms with Crippen LogP contribution in [0.5, 0.6) is 0 Å². The first-order valence-electron chi connectivity index (χ1n) is 9.86. The van der Waals surface area contributed by atoms with Crippen LogP contribution in [0, 0.1) is 6.92 Å². The first-order valence-corrected chi connectivity index (χ1v) is 9.86. The summed E-state index contributed by atoms with van der Waals surface area (Å²) in [6.07, 6.45) is -2.14. The van der Waals surface area contributed by atoms with Crippen molar-refractivity contribution in [1.29, 1.82) is 0 Å². The largest absolute Gasteiger partial charge is 0.416 e. The minimum Gasteiger partial charge on any atom is -0.400 e. The zero-order valence-electron chi connectivity index (χ0n) is 17.6. The molecule has 31 heavy (non-hydrogen) atoms. The lowest BCUT2D eigenvalue weighted by Crippen LogP contribution is -2.10. The summed E-state index contributed by atoms with van der Waals surface area (Å²) >= 11 is 0. The number of rotatable bonds is 6. The highest BCUT2D eigenvalue weighted by Crippen LogP contribution is 2.35. The molecule has 0 aliphatic rings. The van der Waals surface area contributed by atoms with E-state index in [2.05, 4.69) is 9.97 Å². The molecule has 0 aliphatic carbocycles. The number of carbonyl (C=O) groups excluding carboxylic acids is 1. The number of halogens is 3. The summed E-state index contributed by atoms with van der Waals surface area (Å²) in [6, 6.07) is 14.2. The van der Waals surface area contributed by atoms with Crippen LogP contribution in [-0.4, -0.2) is 28.5 Å². The highest BCUT2D eigenvalue weighted by atomic mass is 19.4. The Bertz CT molecular complexity index is 988. The Hall–Kier alpha value is -3.06. The Morgan fingerprint density at radius 3 is 2.10 bits per heavy atom. The van der Waals surface area contributed by atoms with Gasteiger partial charge in [0.25, 0.3) is 0 Å². The Balaban J connectivity index is 0.00000166. The van der Waals surface area contributed by atoms with Crippen molar-refractivity contribution in [2.75, 3.05) is 7.11 Å². The van der Waals surface area contributed by atoms with E-state index in [1.54, 1.807) is 0 Å². The molecule has 1 heterocycles. The van der Waals surface area contributed by atoms with Crippen LogP contribution in [0.25, 0.3) is 22.6 Å². The molecule has 0 saturated carbocycles. The quantitative estimate of drug-likeness (QED) is 0.500. The van der Waals surface area contributed by atoms with Crippen LogP contribution < -0.4 is 0 Å². The second-order valence-corrected chi connectivity index (χ2v) is 6.87. The van der Waals surface area contributed by atoms with Crippen molar-refractivity contribution < 1.29 is 23.1 Å². The molecule has 0 fully saturated rings. The third-order valence-electron chi connectivity index (χ3n) is 4.79. The number of aryl methyl sites for hydroxylation is 1. The maximum Gasteiger partial charge on any atom is 0.416 e. The second-order valence-electron chi connectivity index (χ2n) is 6.87. The number of hydrogen-bond acceptors (Lipinski definition) is 4. The maximum absolute atomic E-state index is 13.0. The zero-order valence-corrected chi connectivity index (χ0v) is 17.6. The average Bonchev–Trinajstić information content (AvgIpc) is 2.79. The number of nitrogens with zero attached hydrogens (tertiary/aromatic N) is 2. The summed E-state index contributed by atoms with van der Waals surface area (Å²) in [7, 11) is 1.00. The molecule has 1 N–H and O–H groups in total. The first kappa shape index (κ1) is 24.2. The SMILES string of the molecule is CCCC(C=O)c1c(C)nc(-c2ccccc2)nc1-c1ccc(C(F)(F)F)cc1.CO. The number of benzene rings is 2. The molecule has 1 atom stereocenters. The first-order chi connectivity index (χ1) is 14.8. The predicted molar refractivity (Wildman–Crippen MR) is 114 cm³/mol. The lowest BCUT2D eigenvalue weighted by atomic mass is 9.90. The second kappa shape index (κ2) is 10.8. The smallest absolute Gasteiger partial charge is 0.400 e. The van der Waals surface area contributed by atoms with E-state index in [1.807, 2.05) is 44.2 Å². The molecule has 0 bridgehead atoms. The molecule has 1 unspecified atom stereocenters. The molecule has 1 aromatic heterocycles. The Morgan fingerprint density at radius 2 is 1.58 bits per heavy atom. The van der Waals surface area contributed by atoms with Crippen molar-refractivity contribution in [3.63, 3.8) is 0 Å². The van der Waals surface area contributed by atoms with Crippen molar-refractivity contribution in [3.8, 4) is 22.6 Å². The minimum atomic E-state index is -4.41. The minimum absolute atomic E-state index is 0.415. The summed E-state index contributed by atoms with van der Waals surface area (Å²) in [4.78, 5) is 21.0. The molecular formula is C24H25F3N2O2. The van der Waals surface area contributed by atoms with Gasteiger partial charge in [0.2, 0.25) is 0 Å². The summed E-state index contributed by atoms with van der Waals surface area (Å²) in [6.45, 7) is 3.78. The van der Waals surface area contributed by atoms with E-state index >= 15 is 0 Å². The molecule has 0 radical (unpaired) electrons. The standard InChI is InChI=1S/C23H21F3N2O.CH4O/c1-3-7-18(14-29)20-15(2)27-22(17-8-5-4-6-9-17)28-21(20)16-10-12-19(13-11-16)23(24,25)26;1-2/h4-6,8-14,18H,3,7H2,1-2H3;2H,1H3. The molecule has 3 aromatic rings. The van der Waals surface area contributed by atoms with Gasteiger partial charge in [0.15, 0.2) is 5.82 Å². The van der Waals surface area contributed by atoms with Crippen molar-refractivity contribution in [2.24, 2.45) is 0 Å². The van der Waals surface area contributed by atoms with Crippen LogP contribution in [0.4, 0.5) is 13.2 Å². The van der Waals surface area contributed by atoms with Gasteiger partial charge < -0.3 is 9.90 Å². The summed E-state index contributed by atoms with van der Waals surface area (Å²) in [5.74, 6) is 0.0602. The van der Waals surface area contributed by atoms with E-state index in [0.29, 0.717) is 34.8 Å². The fourth-order valence-electron chi connectivity index (χ4n) is 3.37. The molecule has 2 aromatic carbocycles. The van der Waals surface area contributed by atoms with E-state index in [4.69, 9.17) is 5.11 Å². The Kier molecular flexibility index (Phi) is 8.45. The van der Waals surface area contributed by atoms with Gasteiger partial charge in [0.05, 0.1) is 11.3 Å². The number of aliphatic hydroxyl groups excluding tert-OH is 1. The molecular weight excluding hydrogens is 405 g/mol. The fraction of sp³-hybridized carbons (Fsp3) is 0.292. The maximum atomic E-state index is 13.0. The number of aliphatic hydroxyl groups is 1. The molecule has 7 heteroatoms. The van der Waals surface area contributed by atoms with Crippen molar-refractivity contribution in [3.05, 3.63) is 71.4 Å². The number of aldehydes is 1. The van der Waals surface area contributed by atoms with Crippen LogP contribution in [0.3, 0.4) is 0 Å². The Labute approximate surface area is 179 Å². The van der Waals surface area contributed by atoms with Gasteiger partial charge in [0, 0.05) is 35.4 Å². The van der Waals surface area contributed by atoms with E-state index in [0.717, 1.165) is 37.5 Å². The van der Waals surface area contributed by atoms with Gasteiger partial charge in [0.1, 0.15) is 6.29 Å². The van der Waals surface area contributed by atoms with E-state index in [-0.39, 0.29) is 0 Å². The lowest BCUT2D eigenvalue weighted by molar-refractivity contribution is -0.137. The molecule has 0 saturated heterocycles. The molecule has 0 spiro atoms. The Morgan fingerprint density at radius 1 is 0.968 bits per heavy atom. The van der Waals surface area contributed by atoms with Gasteiger partial charge in [-0.1, -0.05) is 55.8 Å². The average molecular weight is 430 g/mol. The number of carbonyl (C=O) groups is 1. The molecule has 0 aliphatic heterocycles. The van der Waals surface area contributed by atoms with Crippen LogP contribution in [-0.2, 0) is 11.0 Å². The van der Waals surface area contributed by atoms with Crippen LogP contribution in [0.15, 0.2) is 54.6 Å².